The Balaban J connectivity index is 0.000000628. The number of amides is 1. The third-order valence-corrected chi connectivity index (χ3v) is 13.5. The van der Waals surface area contributed by atoms with Gasteiger partial charge in [-0.2, -0.15) is 0 Å². The summed E-state index contributed by atoms with van der Waals surface area (Å²) in [5.74, 6) is 0.690. The SMILES string of the molecule is C=CC=C.O=C([NH][Ti]1([CH]2C=Cc3ccccc32)[CH2][CH2]1)C1CCCCCCCCCCC1. The van der Waals surface area contributed by atoms with Crippen molar-refractivity contribution in [3.63, 3.8) is 0 Å². The van der Waals surface area contributed by atoms with Crippen LogP contribution in [0.2, 0.25) is 9.45 Å². The standard InChI is InChI=1S/C13H25NO.C9H7.C4H6.C2H4.Ti/c14-13(15)12-10-8-6-4-2-1-3-5-7-9-11-12;1-2-5-9-7-3-6-8(9)4-1;1-3-4-2;1-2;/h12H,1-11H2,(H2,14,15);1-7H;3-4H,1-2H2;1-2H2;/q;;;;+1/p-1. The second-order valence-corrected chi connectivity index (χ2v) is 16.1. The van der Waals surface area contributed by atoms with E-state index in [-0.39, 0.29) is 5.92 Å². The quantitative estimate of drug-likeness (QED) is 0.361. The van der Waals surface area contributed by atoms with E-state index < -0.39 is 16.8 Å². The van der Waals surface area contributed by atoms with Gasteiger partial charge in [0.15, 0.2) is 0 Å². The number of allylic oxidation sites excluding steroid dienone is 3. The molecule has 0 aromatic heterocycles. The Hall–Kier alpha value is -1.38. The molecule has 1 unspecified atom stereocenters. The van der Waals surface area contributed by atoms with Crippen molar-refractivity contribution in [2.75, 3.05) is 0 Å². The minimum atomic E-state index is -2.26. The van der Waals surface area contributed by atoms with Crippen LogP contribution < -0.4 is 3.80 Å². The summed E-state index contributed by atoms with van der Waals surface area (Å²) in [4.78, 5) is 13.3. The number of fused-ring (bicyclic) bond motifs is 1. The van der Waals surface area contributed by atoms with E-state index >= 15 is 0 Å². The molecule has 0 radical (unpaired) electrons. The van der Waals surface area contributed by atoms with Crippen LogP contribution in [0.1, 0.15) is 86.0 Å². The zero-order valence-corrected chi connectivity index (χ0v) is 20.8. The number of rotatable bonds is 4. The van der Waals surface area contributed by atoms with Gasteiger partial charge in [0.1, 0.15) is 0 Å². The topological polar surface area (TPSA) is 29.1 Å². The van der Waals surface area contributed by atoms with Crippen molar-refractivity contribution in [1.82, 2.24) is 3.80 Å². The van der Waals surface area contributed by atoms with Crippen LogP contribution in [-0.4, -0.2) is 5.91 Å². The van der Waals surface area contributed by atoms with Gasteiger partial charge in [0, 0.05) is 0 Å². The molecule has 0 spiro atoms. The second kappa shape index (κ2) is 12.6. The van der Waals surface area contributed by atoms with Crippen LogP contribution in [-0.2, 0) is 21.6 Å². The molecular formula is C28H41NOTi. The maximum atomic E-state index is 13.3. The van der Waals surface area contributed by atoms with Gasteiger partial charge >= 0.3 is 169 Å². The first-order valence-corrected chi connectivity index (χ1v) is 16.4. The fraction of sp³-hybridized carbons (Fsp3) is 0.536. The summed E-state index contributed by atoms with van der Waals surface area (Å²) in [6.07, 6.45) is 22.2. The van der Waals surface area contributed by atoms with Crippen LogP contribution in [0, 0.1) is 5.92 Å². The van der Waals surface area contributed by atoms with E-state index in [1.165, 1.54) is 78.4 Å². The maximum absolute atomic E-state index is 13.3. The molecule has 1 saturated heterocycles. The molecule has 1 N–H and O–H groups in total. The summed E-state index contributed by atoms with van der Waals surface area (Å²) < 4.78 is 6.90. The predicted molar refractivity (Wildman–Crippen MR) is 131 cm³/mol. The Kier molecular flexibility index (Phi) is 9.87. The molecule has 4 rings (SSSR count). The molecule has 1 aromatic carbocycles. The predicted octanol–water partition coefficient (Wildman–Crippen LogP) is 8.07. The first-order valence-electron chi connectivity index (χ1n) is 12.5. The number of carbonyl (C=O) groups excluding carboxylic acids is 1. The van der Waals surface area contributed by atoms with E-state index in [0.717, 1.165) is 12.8 Å². The van der Waals surface area contributed by atoms with Crippen molar-refractivity contribution in [1.29, 1.82) is 0 Å². The molecule has 168 valence electrons. The van der Waals surface area contributed by atoms with Gasteiger partial charge in [0.25, 0.3) is 0 Å². The van der Waals surface area contributed by atoms with Crippen LogP contribution in [0.5, 0.6) is 0 Å². The number of nitrogens with one attached hydrogen (secondary N) is 1. The molecule has 3 aliphatic rings. The van der Waals surface area contributed by atoms with Crippen LogP contribution in [0.15, 0.2) is 55.7 Å². The molecule has 2 nitrogen and oxygen atoms in total. The molecule has 1 saturated carbocycles. The fourth-order valence-corrected chi connectivity index (χ4v) is 12.1. The summed E-state index contributed by atoms with van der Waals surface area (Å²) in [6, 6.07) is 8.79. The zero-order valence-electron chi connectivity index (χ0n) is 19.3. The number of benzene rings is 1. The molecule has 1 amide bonds. The van der Waals surface area contributed by atoms with Gasteiger partial charge in [0.2, 0.25) is 0 Å². The van der Waals surface area contributed by atoms with Crippen molar-refractivity contribution in [3.8, 4) is 0 Å². The molecule has 31 heavy (non-hydrogen) atoms. The molecule has 1 aliphatic heterocycles. The number of carbonyl (C=O) groups is 1. The molecule has 1 heterocycles. The van der Waals surface area contributed by atoms with Crippen LogP contribution in [0.25, 0.3) is 6.08 Å². The molecule has 1 atom stereocenters. The number of hydrogen-bond acceptors (Lipinski definition) is 1. The first-order chi connectivity index (χ1) is 15.2. The first kappa shape index (κ1) is 24.3. The summed E-state index contributed by atoms with van der Waals surface area (Å²) in [6.45, 7) is 6.72. The van der Waals surface area contributed by atoms with Gasteiger partial charge in [-0.15, -0.1) is 0 Å². The molecule has 3 heteroatoms. The molecule has 2 fully saturated rings. The summed E-state index contributed by atoms with van der Waals surface area (Å²) >= 11 is -2.26. The Labute approximate surface area is 194 Å². The third kappa shape index (κ3) is 7.06. The van der Waals surface area contributed by atoms with E-state index in [1.807, 2.05) is 0 Å². The van der Waals surface area contributed by atoms with E-state index in [1.54, 1.807) is 12.2 Å². The average Bonchev–Trinajstić information content (AvgIpc) is 3.42. The van der Waals surface area contributed by atoms with E-state index in [9.17, 15) is 4.79 Å². The van der Waals surface area contributed by atoms with Gasteiger partial charge in [-0.3, -0.25) is 0 Å². The van der Waals surface area contributed by atoms with E-state index in [4.69, 9.17) is 0 Å². The van der Waals surface area contributed by atoms with Crippen LogP contribution in [0.3, 0.4) is 0 Å². The second-order valence-electron chi connectivity index (χ2n) is 9.54. The summed E-state index contributed by atoms with van der Waals surface area (Å²) in [5.41, 5.74) is 2.86. The average molecular weight is 456 g/mol. The Morgan fingerprint density at radius 3 is 1.97 bits per heavy atom. The van der Waals surface area contributed by atoms with E-state index in [0.29, 0.717) is 10.1 Å². The Bertz CT molecular complexity index is 746. The molecule has 2 aliphatic carbocycles. The monoisotopic (exact) mass is 455 g/mol. The fourth-order valence-electron chi connectivity index (χ4n) is 5.15. The Morgan fingerprint density at radius 2 is 1.42 bits per heavy atom. The molecule has 1 aromatic rings. The van der Waals surface area contributed by atoms with Gasteiger partial charge < -0.3 is 0 Å². The van der Waals surface area contributed by atoms with E-state index in [2.05, 4.69) is 53.4 Å². The van der Waals surface area contributed by atoms with Crippen molar-refractivity contribution >= 4 is 12.0 Å². The van der Waals surface area contributed by atoms with Gasteiger partial charge in [-0.05, 0) is 0 Å². The van der Waals surface area contributed by atoms with Crippen LogP contribution >= 0.6 is 0 Å². The van der Waals surface area contributed by atoms with Crippen molar-refractivity contribution in [2.45, 2.75) is 84.3 Å². The van der Waals surface area contributed by atoms with Crippen molar-refractivity contribution < 1.29 is 21.6 Å². The minimum absolute atomic E-state index is 0.271. The zero-order chi connectivity index (χ0) is 21.9. The van der Waals surface area contributed by atoms with Crippen molar-refractivity contribution in [3.05, 3.63) is 66.8 Å². The third-order valence-electron chi connectivity index (χ3n) is 7.20. The van der Waals surface area contributed by atoms with Crippen LogP contribution in [0.4, 0.5) is 0 Å². The summed E-state index contributed by atoms with van der Waals surface area (Å²) in [7, 11) is 0. The van der Waals surface area contributed by atoms with Gasteiger partial charge in [-0.25, -0.2) is 0 Å². The van der Waals surface area contributed by atoms with Crippen molar-refractivity contribution in [2.24, 2.45) is 5.92 Å². The Morgan fingerprint density at radius 1 is 0.871 bits per heavy atom. The molecule has 0 bridgehead atoms. The van der Waals surface area contributed by atoms with Gasteiger partial charge in [-0.1, -0.05) is 25.3 Å². The normalized spacial score (nSPS) is 23.2. The van der Waals surface area contributed by atoms with Gasteiger partial charge in [0.05, 0.1) is 0 Å². The molecular weight excluding hydrogens is 414 g/mol. The summed E-state index contributed by atoms with van der Waals surface area (Å²) in [5, 5.41) is 0. The number of hydrogen-bond donors (Lipinski definition) is 1.